The van der Waals surface area contributed by atoms with Crippen LogP contribution in [-0.2, 0) is 6.54 Å². The van der Waals surface area contributed by atoms with E-state index in [0.29, 0.717) is 0 Å². The molecule has 1 unspecified atom stereocenters. The van der Waals surface area contributed by atoms with E-state index in [1.807, 2.05) is 7.05 Å². The molecular weight excluding hydrogens is 260 g/mol. The number of hydrogen-bond donors (Lipinski definition) is 1. The van der Waals surface area contributed by atoms with E-state index in [2.05, 4.69) is 45.9 Å². The van der Waals surface area contributed by atoms with Crippen LogP contribution >= 0.6 is 0 Å². The smallest absolute Gasteiger partial charge is 0.152 e. The molecule has 0 radical (unpaired) electrons. The van der Waals surface area contributed by atoms with Crippen molar-refractivity contribution in [1.29, 1.82) is 0 Å². The van der Waals surface area contributed by atoms with Gasteiger partial charge in [0.15, 0.2) is 5.82 Å². The number of aromatic nitrogens is 2. The Hall–Kier alpha value is -1.55. The number of nitrogens with zero attached hydrogens (tertiary/aromatic N) is 3. The molecule has 4 heteroatoms. The Labute approximate surface area is 127 Å². The standard InChI is InChI=1S/C17H26N4/c1-3-14-7-6-10-20(12-9-14)17-15(13-18-2)21-11-5-4-8-16(21)19-17/h4-5,8,11,14,18H,3,6-7,9-10,12-13H2,1-2H3. The second-order valence-corrected chi connectivity index (χ2v) is 6.03. The summed E-state index contributed by atoms with van der Waals surface area (Å²) in [5, 5.41) is 3.29. The van der Waals surface area contributed by atoms with Crippen molar-refractivity contribution < 1.29 is 0 Å². The zero-order chi connectivity index (χ0) is 14.7. The van der Waals surface area contributed by atoms with Crippen molar-refractivity contribution in [2.45, 2.75) is 39.2 Å². The molecular formula is C17H26N4. The summed E-state index contributed by atoms with van der Waals surface area (Å²) in [6, 6.07) is 6.23. The third-order valence-electron chi connectivity index (χ3n) is 4.68. The van der Waals surface area contributed by atoms with Crippen LogP contribution in [0.3, 0.4) is 0 Å². The highest BCUT2D eigenvalue weighted by atomic mass is 15.2. The van der Waals surface area contributed by atoms with Crippen LogP contribution in [0.15, 0.2) is 24.4 Å². The number of imidazole rings is 1. The van der Waals surface area contributed by atoms with Gasteiger partial charge < -0.3 is 14.6 Å². The number of nitrogens with one attached hydrogen (secondary N) is 1. The zero-order valence-electron chi connectivity index (χ0n) is 13.2. The molecule has 0 saturated carbocycles. The van der Waals surface area contributed by atoms with Gasteiger partial charge in [0.1, 0.15) is 5.65 Å². The van der Waals surface area contributed by atoms with Crippen LogP contribution in [0, 0.1) is 5.92 Å². The summed E-state index contributed by atoms with van der Waals surface area (Å²) in [6.07, 6.45) is 7.37. The van der Waals surface area contributed by atoms with Crippen LogP contribution in [-0.4, -0.2) is 29.5 Å². The highest BCUT2D eigenvalue weighted by Crippen LogP contribution is 2.27. The molecule has 3 heterocycles. The maximum absolute atomic E-state index is 4.90. The maximum atomic E-state index is 4.90. The highest BCUT2D eigenvalue weighted by molar-refractivity contribution is 5.56. The number of pyridine rings is 1. The molecule has 0 bridgehead atoms. The molecule has 0 amide bonds. The number of anilines is 1. The molecule has 114 valence electrons. The molecule has 0 spiro atoms. The maximum Gasteiger partial charge on any atom is 0.152 e. The minimum Gasteiger partial charge on any atom is -0.355 e. The van der Waals surface area contributed by atoms with Gasteiger partial charge in [0.05, 0.1) is 5.69 Å². The van der Waals surface area contributed by atoms with Gasteiger partial charge in [-0.2, -0.15) is 0 Å². The summed E-state index contributed by atoms with van der Waals surface area (Å²) in [4.78, 5) is 7.39. The average molecular weight is 286 g/mol. The van der Waals surface area contributed by atoms with Crippen LogP contribution in [0.4, 0.5) is 5.82 Å². The van der Waals surface area contributed by atoms with Crippen molar-refractivity contribution in [2.24, 2.45) is 5.92 Å². The van der Waals surface area contributed by atoms with Gasteiger partial charge in [-0.25, -0.2) is 4.98 Å². The largest absolute Gasteiger partial charge is 0.355 e. The van der Waals surface area contributed by atoms with E-state index in [4.69, 9.17) is 4.98 Å². The van der Waals surface area contributed by atoms with Crippen LogP contribution in [0.1, 0.15) is 38.3 Å². The fourth-order valence-electron chi connectivity index (χ4n) is 3.40. The number of hydrogen-bond acceptors (Lipinski definition) is 3. The van der Waals surface area contributed by atoms with E-state index in [9.17, 15) is 0 Å². The Morgan fingerprint density at radius 2 is 2.19 bits per heavy atom. The zero-order valence-corrected chi connectivity index (χ0v) is 13.2. The molecule has 2 aromatic rings. The van der Waals surface area contributed by atoms with Crippen LogP contribution in [0.5, 0.6) is 0 Å². The average Bonchev–Trinajstić information content (AvgIpc) is 2.71. The van der Waals surface area contributed by atoms with Crippen molar-refractivity contribution in [3.8, 4) is 0 Å². The summed E-state index contributed by atoms with van der Waals surface area (Å²) >= 11 is 0. The van der Waals surface area contributed by atoms with Crippen molar-refractivity contribution in [3.63, 3.8) is 0 Å². The monoisotopic (exact) mass is 286 g/mol. The quantitative estimate of drug-likeness (QED) is 0.937. The van der Waals surface area contributed by atoms with Crippen molar-refractivity contribution in [2.75, 3.05) is 25.0 Å². The molecule has 0 aromatic carbocycles. The minimum atomic E-state index is 0.855. The van der Waals surface area contributed by atoms with Crippen molar-refractivity contribution in [1.82, 2.24) is 14.7 Å². The minimum absolute atomic E-state index is 0.855. The molecule has 1 aliphatic rings. The fourth-order valence-corrected chi connectivity index (χ4v) is 3.40. The molecule has 4 nitrogen and oxygen atoms in total. The Kier molecular flexibility index (Phi) is 4.44. The second-order valence-electron chi connectivity index (χ2n) is 6.03. The lowest BCUT2D eigenvalue weighted by atomic mass is 9.98. The lowest BCUT2D eigenvalue weighted by Gasteiger charge is -2.22. The molecule has 1 aliphatic heterocycles. The third-order valence-corrected chi connectivity index (χ3v) is 4.68. The van der Waals surface area contributed by atoms with Gasteiger partial charge in [-0.1, -0.05) is 19.4 Å². The van der Waals surface area contributed by atoms with Gasteiger partial charge in [0.2, 0.25) is 0 Å². The predicted molar refractivity (Wildman–Crippen MR) is 87.8 cm³/mol. The van der Waals surface area contributed by atoms with E-state index in [1.54, 1.807) is 0 Å². The highest BCUT2D eigenvalue weighted by Gasteiger charge is 2.21. The third kappa shape index (κ3) is 2.91. The fraction of sp³-hybridized carbons (Fsp3) is 0.588. The van der Waals surface area contributed by atoms with Gasteiger partial charge in [-0.3, -0.25) is 0 Å². The summed E-state index contributed by atoms with van der Waals surface area (Å²) in [7, 11) is 2.00. The molecule has 1 fully saturated rings. The lowest BCUT2D eigenvalue weighted by Crippen LogP contribution is -2.26. The predicted octanol–water partition coefficient (Wildman–Crippen LogP) is 3.07. The Balaban J connectivity index is 1.93. The van der Waals surface area contributed by atoms with E-state index >= 15 is 0 Å². The molecule has 0 aliphatic carbocycles. The van der Waals surface area contributed by atoms with Gasteiger partial charge >= 0.3 is 0 Å². The molecule has 1 N–H and O–H groups in total. The summed E-state index contributed by atoms with van der Waals surface area (Å²) < 4.78 is 2.22. The molecule has 2 aromatic heterocycles. The van der Waals surface area contributed by atoms with Gasteiger partial charge in [0, 0.05) is 25.8 Å². The van der Waals surface area contributed by atoms with Crippen molar-refractivity contribution in [3.05, 3.63) is 30.1 Å². The van der Waals surface area contributed by atoms with Gasteiger partial charge in [0.25, 0.3) is 0 Å². The first-order chi connectivity index (χ1) is 10.3. The summed E-state index contributed by atoms with van der Waals surface area (Å²) in [6.45, 7) is 5.45. The van der Waals surface area contributed by atoms with Crippen molar-refractivity contribution >= 4 is 11.5 Å². The Morgan fingerprint density at radius 1 is 1.29 bits per heavy atom. The first kappa shape index (κ1) is 14.4. The molecule has 1 saturated heterocycles. The van der Waals surface area contributed by atoms with E-state index in [1.165, 1.54) is 37.2 Å². The Morgan fingerprint density at radius 3 is 3.00 bits per heavy atom. The first-order valence-corrected chi connectivity index (χ1v) is 8.19. The van der Waals surface area contributed by atoms with E-state index < -0.39 is 0 Å². The Bertz CT molecular complexity index is 589. The topological polar surface area (TPSA) is 32.6 Å². The number of rotatable bonds is 4. The van der Waals surface area contributed by atoms with E-state index in [-0.39, 0.29) is 0 Å². The van der Waals surface area contributed by atoms with Crippen LogP contribution in [0.2, 0.25) is 0 Å². The number of fused-ring (bicyclic) bond motifs is 1. The molecule has 1 atom stereocenters. The lowest BCUT2D eigenvalue weighted by molar-refractivity contribution is 0.459. The van der Waals surface area contributed by atoms with Crippen LogP contribution < -0.4 is 10.2 Å². The molecule has 3 rings (SSSR count). The second kappa shape index (κ2) is 6.48. The van der Waals surface area contributed by atoms with Crippen LogP contribution in [0.25, 0.3) is 5.65 Å². The molecule has 21 heavy (non-hydrogen) atoms. The summed E-state index contributed by atoms with van der Waals surface area (Å²) in [5.74, 6) is 2.06. The van der Waals surface area contributed by atoms with Gasteiger partial charge in [-0.05, 0) is 44.4 Å². The summed E-state index contributed by atoms with van der Waals surface area (Å²) in [5.41, 5.74) is 2.33. The first-order valence-electron chi connectivity index (χ1n) is 8.19. The SMILES string of the molecule is CCC1CCCN(c2nc3ccccn3c2CNC)CC1. The normalized spacial score (nSPS) is 19.9. The van der Waals surface area contributed by atoms with Gasteiger partial charge in [-0.15, -0.1) is 0 Å². The van der Waals surface area contributed by atoms with E-state index in [0.717, 1.165) is 31.2 Å².